The normalized spacial score (nSPS) is 13.0. The van der Waals surface area contributed by atoms with Crippen LogP contribution in [-0.4, -0.2) is 22.7 Å². The number of alkyl halides is 1. The van der Waals surface area contributed by atoms with Crippen LogP contribution in [0.4, 0.5) is 17.2 Å². The van der Waals surface area contributed by atoms with Crippen LogP contribution in [0.15, 0.2) is 36.4 Å². The first-order chi connectivity index (χ1) is 10.1. The van der Waals surface area contributed by atoms with E-state index in [9.17, 15) is 9.59 Å². The number of halogens is 2. The van der Waals surface area contributed by atoms with Crippen LogP contribution >= 0.6 is 23.2 Å². The topological polar surface area (TPSA) is 62.3 Å². The average Bonchev–Trinajstić information content (AvgIpc) is 2.61. The SMILES string of the molecule is O=C1Nc2ccc(Cl)nc2N(C(=O)CCl)c2ccccc21. The minimum atomic E-state index is -0.392. The molecule has 1 aromatic heterocycles. The van der Waals surface area contributed by atoms with Gasteiger partial charge in [-0.05, 0) is 24.3 Å². The highest BCUT2D eigenvalue weighted by molar-refractivity contribution is 6.32. The molecule has 3 rings (SSSR count). The van der Waals surface area contributed by atoms with E-state index in [2.05, 4.69) is 10.3 Å². The second kappa shape index (κ2) is 5.35. The van der Waals surface area contributed by atoms with Crippen LogP contribution in [0.2, 0.25) is 5.15 Å². The van der Waals surface area contributed by atoms with Crippen molar-refractivity contribution in [3.63, 3.8) is 0 Å². The standard InChI is InChI=1S/C14H9Cl2N3O2/c15-7-12(20)19-10-4-2-1-3-8(10)14(21)17-9-5-6-11(16)18-13(9)19/h1-6H,7H2,(H,17,21). The van der Waals surface area contributed by atoms with Gasteiger partial charge in [0.1, 0.15) is 11.0 Å². The number of pyridine rings is 1. The summed E-state index contributed by atoms with van der Waals surface area (Å²) in [5, 5.41) is 2.94. The Labute approximate surface area is 130 Å². The Morgan fingerprint density at radius 2 is 2.00 bits per heavy atom. The highest BCUT2D eigenvalue weighted by Gasteiger charge is 2.29. The van der Waals surface area contributed by atoms with Crippen molar-refractivity contribution in [3.8, 4) is 0 Å². The van der Waals surface area contributed by atoms with E-state index in [4.69, 9.17) is 23.2 Å². The van der Waals surface area contributed by atoms with Crippen LogP contribution in [0.3, 0.4) is 0 Å². The summed E-state index contributed by atoms with van der Waals surface area (Å²) in [4.78, 5) is 30.0. The third-order valence-corrected chi connectivity index (χ3v) is 3.49. The second-order valence-corrected chi connectivity index (χ2v) is 4.99. The summed E-state index contributed by atoms with van der Waals surface area (Å²) in [6.45, 7) is 0. The van der Waals surface area contributed by atoms with E-state index in [1.807, 2.05) is 0 Å². The molecule has 7 heteroatoms. The van der Waals surface area contributed by atoms with Crippen LogP contribution in [0.1, 0.15) is 10.4 Å². The van der Waals surface area contributed by atoms with Gasteiger partial charge in [0.2, 0.25) is 5.91 Å². The first-order valence-corrected chi connectivity index (χ1v) is 6.99. The Balaban J connectivity index is 2.31. The summed E-state index contributed by atoms with van der Waals surface area (Å²) in [5.41, 5.74) is 1.19. The van der Waals surface area contributed by atoms with E-state index in [1.54, 1.807) is 36.4 Å². The molecule has 0 saturated heterocycles. The molecule has 0 bridgehead atoms. The molecule has 106 valence electrons. The first kappa shape index (κ1) is 13.9. The smallest absolute Gasteiger partial charge is 0.257 e. The highest BCUT2D eigenvalue weighted by Crippen LogP contribution is 2.37. The van der Waals surface area contributed by atoms with Crippen molar-refractivity contribution < 1.29 is 9.59 Å². The van der Waals surface area contributed by atoms with Crippen molar-refractivity contribution >= 4 is 52.2 Å². The van der Waals surface area contributed by atoms with Crippen molar-refractivity contribution in [2.75, 3.05) is 16.1 Å². The van der Waals surface area contributed by atoms with Gasteiger partial charge in [0.25, 0.3) is 5.91 Å². The quantitative estimate of drug-likeness (QED) is 0.648. The van der Waals surface area contributed by atoms with Crippen LogP contribution in [0.5, 0.6) is 0 Å². The predicted molar refractivity (Wildman–Crippen MR) is 81.5 cm³/mol. The molecule has 21 heavy (non-hydrogen) atoms. The number of aromatic nitrogens is 1. The molecule has 2 aromatic rings. The number of fused-ring (bicyclic) bond motifs is 2. The maximum absolute atomic E-state index is 12.3. The number of benzene rings is 1. The zero-order chi connectivity index (χ0) is 15.0. The van der Waals surface area contributed by atoms with E-state index in [-0.39, 0.29) is 22.8 Å². The van der Waals surface area contributed by atoms with Gasteiger partial charge in [-0.2, -0.15) is 0 Å². The lowest BCUT2D eigenvalue weighted by molar-refractivity contribution is -0.115. The molecule has 0 saturated carbocycles. The zero-order valence-electron chi connectivity index (χ0n) is 10.6. The number of carbonyl (C=O) groups is 2. The molecule has 1 aliphatic heterocycles. The lowest BCUT2D eigenvalue weighted by Crippen LogP contribution is -2.28. The number of nitrogens with one attached hydrogen (secondary N) is 1. The fourth-order valence-corrected chi connectivity index (χ4v) is 2.43. The summed E-state index contributed by atoms with van der Waals surface area (Å²) < 4.78 is 0. The zero-order valence-corrected chi connectivity index (χ0v) is 12.1. The molecule has 1 aliphatic rings. The van der Waals surface area contributed by atoms with Gasteiger partial charge in [-0.3, -0.25) is 14.5 Å². The number of anilines is 3. The van der Waals surface area contributed by atoms with Crippen molar-refractivity contribution in [1.29, 1.82) is 0 Å². The minimum Gasteiger partial charge on any atom is -0.319 e. The Morgan fingerprint density at radius 1 is 1.24 bits per heavy atom. The predicted octanol–water partition coefficient (Wildman–Crippen LogP) is 3.20. The molecule has 0 fully saturated rings. The first-order valence-electron chi connectivity index (χ1n) is 6.07. The molecule has 1 N–H and O–H groups in total. The van der Waals surface area contributed by atoms with Gasteiger partial charge in [-0.1, -0.05) is 23.7 Å². The molecule has 2 amide bonds. The van der Waals surface area contributed by atoms with Crippen LogP contribution in [0, 0.1) is 0 Å². The molecule has 5 nitrogen and oxygen atoms in total. The van der Waals surface area contributed by atoms with E-state index in [0.717, 1.165) is 0 Å². The van der Waals surface area contributed by atoms with Gasteiger partial charge in [0, 0.05) is 0 Å². The van der Waals surface area contributed by atoms with Gasteiger partial charge < -0.3 is 5.32 Å². The summed E-state index contributed by atoms with van der Waals surface area (Å²) in [6.07, 6.45) is 0. The lowest BCUT2D eigenvalue weighted by atomic mass is 10.1. The molecule has 2 heterocycles. The van der Waals surface area contributed by atoms with E-state index in [0.29, 0.717) is 16.9 Å². The third-order valence-electron chi connectivity index (χ3n) is 3.05. The fraction of sp³-hybridized carbons (Fsp3) is 0.0714. The van der Waals surface area contributed by atoms with Gasteiger partial charge in [-0.25, -0.2) is 4.98 Å². The highest BCUT2D eigenvalue weighted by atomic mass is 35.5. The maximum atomic E-state index is 12.3. The molecule has 1 aromatic carbocycles. The number of rotatable bonds is 1. The van der Waals surface area contributed by atoms with Crippen molar-refractivity contribution in [3.05, 3.63) is 47.1 Å². The number of hydrogen-bond donors (Lipinski definition) is 1. The minimum absolute atomic E-state index is 0.217. The summed E-state index contributed by atoms with van der Waals surface area (Å²) in [6, 6.07) is 9.89. The molecular weight excluding hydrogens is 313 g/mol. The van der Waals surface area contributed by atoms with Crippen molar-refractivity contribution in [2.45, 2.75) is 0 Å². The Kier molecular flexibility index (Phi) is 3.53. The monoisotopic (exact) mass is 321 g/mol. The Morgan fingerprint density at radius 3 is 2.76 bits per heavy atom. The number of amides is 2. The lowest BCUT2D eigenvalue weighted by Gasteiger charge is -2.21. The van der Waals surface area contributed by atoms with E-state index in [1.165, 1.54) is 4.90 Å². The van der Waals surface area contributed by atoms with Crippen LogP contribution < -0.4 is 10.2 Å². The number of hydrogen-bond acceptors (Lipinski definition) is 3. The summed E-state index contributed by atoms with van der Waals surface area (Å²) in [7, 11) is 0. The van der Waals surface area contributed by atoms with Gasteiger partial charge in [0.15, 0.2) is 5.82 Å². The molecule has 0 unspecified atom stereocenters. The number of para-hydroxylation sites is 1. The molecule has 0 radical (unpaired) electrons. The van der Waals surface area contributed by atoms with E-state index >= 15 is 0 Å². The van der Waals surface area contributed by atoms with Gasteiger partial charge >= 0.3 is 0 Å². The number of nitrogens with zero attached hydrogens (tertiary/aromatic N) is 2. The Bertz CT molecular complexity index is 749. The largest absolute Gasteiger partial charge is 0.319 e. The van der Waals surface area contributed by atoms with Crippen molar-refractivity contribution in [2.24, 2.45) is 0 Å². The molecular formula is C14H9Cl2N3O2. The Hall–Kier alpha value is -2.11. The van der Waals surface area contributed by atoms with E-state index < -0.39 is 5.91 Å². The second-order valence-electron chi connectivity index (χ2n) is 4.34. The summed E-state index contributed by atoms with van der Waals surface area (Å²) in [5.74, 6) is -0.695. The summed E-state index contributed by atoms with van der Waals surface area (Å²) >= 11 is 11.6. The van der Waals surface area contributed by atoms with Crippen LogP contribution in [-0.2, 0) is 4.79 Å². The van der Waals surface area contributed by atoms with Gasteiger partial charge in [0.05, 0.1) is 16.9 Å². The molecule has 0 spiro atoms. The average molecular weight is 322 g/mol. The fourth-order valence-electron chi connectivity index (χ4n) is 2.17. The maximum Gasteiger partial charge on any atom is 0.257 e. The molecule has 0 atom stereocenters. The van der Waals surface area contributed by atoms with Crippen LogP contribution in [0.25, 0.3) is 0 Å². The molecule has 0 aliphatic carbocycles. The van der Waals surface area contributed by atoms with Gasteiger partial charge in [-0.15, -0.1) is 11.6 Å². The number of carbonyl (C=O) groups excluding carboxylic acids is 2. The van der Waals surface area contributed by atoms with Crippen molar-refractivity contribution in [1.82, 2.24) is 4.98 Å². The third kappa shape index (κ3) is 2.34.